The predicted octanol–water partition coefficient (Wildman–Crippen LogP) is 7.04. The minimum Gasteiger partial charge on any atom is -0.494 e. The molecule has 1 amide bonds. The molecule has 6 heteroatoms. The second kappa shape index (κ2) is 10.4. The van der Waals surface area contributed by atoms with Crippen LogP contribution >= 0.6 is 11.6 Å². The molecule has 178 valence electrons. The fourth-order valence-electron chi connectivity index (χ4n) is 4.62. The zero-order chi connectivity index (χ0) is 24.2. The Morgan fingerprint density at radius 1 is 0.971 bits per heavy atom. The summed E-state index contributed by atoms with van der Waals surface area (Å²) in [6.45, 7) is 3.28. The van der Waals surface area contributed by atoms with Crippen molar-refractivity contribution in [2.75, 3.05) is 6.61 Å². The van der Waals surface area contributed by atoms with E-state index in [2.05, 4.69) is 17.1 Å². The van der Waals surface area contributed by atoms with Crippen molar-refractivity contribution in [3.63, 3.8) is 0 Å². The molecule has 1 aliphatic heterocycles. The lowest BCUT2D eigenvalue weighted by Gasteiger charge is -2.27. The summed E-state index contributed by atoms with van der Waals surface area (Å²) in [5, 5.41) is 8.21. The maximum Gasteiger partial charge on any atom is 0.273 e. The summed E-state index contributed by atoms with van der Waals surface area (Å²) in [6.07, 6.45) is 3.36. The first-order valence-electron chi connectivity index (χ1n) is 12.1. The first-order chi connectivity index (χ1) is 17.2. The molecular formula is C29H28ClN3O2. The Hall–Kier alpha value is -3.57. The van der Waals surface area contributed by atoms with E-state index in [0.717, 1.165) is 53.0 Å². The van der Waals surface area contributed by atoms with Crippen LogP contribution in [-0.4, -0.2) is 27.6 Å². The summed E-state index contributed by atoms with van der Waals surface area (Å²) in [5.41, 5.74) is 5.09. The normalized spacial score (nSPS) is 14.9. The molecule has 3 aromatic carbocycles. The second-order valence-electron chi connectivity index (χ2n) is 8.78. The number of nitrogens with zero attached hydrogens (tertiary/aromatic N) is 2. The van der Waals surface area contributed by atoms with Crippen LogP contribution in [0.3, 0.4) is 0 Å². The Balaban J connectivity index is 1.52. The molecule has 0 bridgehead atoms. The molecule has 4 aromatic rings. The van der Waals surface area contributed by atoms with Crippen LogP contribution in [0.4, 0.5) is 0 Å². The third kappa shape index (κ3) is 4.69. The molecule has 1 N–H and O–H groups in total. The summed E-state index contributed by atoms with van der Waals surface area (Å²) in [7, 11) is 0. The number of ether oxygens (including phenoxy) is 1. The van der Waals surface area contributed by atoms with Crippen molar-refractivity contribution in [2.45, 2.75) is 38.8 Å². The highest BCUT2D eigenvalue weighted by Gasteiger charge is 2.42. The van der Waals surface area contributed by atoms with Crippen LogP contribution in [0.25, 0.3) is 11.3 Å². The highest BCUT2D eigenvalue weighted by molar-refractivity contribution is 6.31. The lowest BCUT2D eigenvalue weighted by molar-refractivity contribution is 0.0730. The van der Waals surface area contributed by atoms with Crippen LogP contribution in [0.15, 0.2) is 78.9 Å². The lowest BCUT2D eigenvalue weighted by atomic mass is 9.96. The largest absolute Gasteiger partial charge is 0.494 e. The van der Waals surface area contributed by atoms with Crippen LogP contribution in [0.5, 0.6) is 5.75 Å². The van der Waals surface area contributed by atoms with Crippen LogP contribution in [0.1, 0.15) is 59.4 Å². The highest BCUT2D eigenvalue weighted by Crippen LogP contribution is 2.44. The first-order valence-corrected chi connectivity index (χ1v) is 12.5. The van der Waals surface area contributed by atoms with Crippen molar-refractivity contribution in [1.29, 1.82) is 0 Å². The summed E-state index contributed by atoms with van der Waals surface area (Å²) >= 11 is 6.47. The maximum atomic E-state index is 13.6. The summed E-state index contributed by atoms with van der Waals surface area (Å²) < 4.78 is 5.92. The van der Waals surface area contributed by atoms with Gasteiger partial charge in [-0.25, -0.2) is 0 Å². The van der Waals surface area contributed by atoms with Crippen molar-refractivity contribution >= 4 is 17.5 Å². The predicted molar refractivity (Wildman–Crippen MR) is 139 cm³/mol. The van der Waals surface area contributed by atoms with E-state index in [9.17, 15) is 4.79 Å². The van der Waals surface area contributed by atoms with Gasteiger partial charge in [0.15, 0.2) is 0 Å². The SMILES string of the molecule is CCCCCOc1ccc(C2c3c(-c4ccccc4)n[nH]c3C(=O)N2Cc2ccccc2Cl)cc1. The van der Waals surface area contributed by atoms with E-state index in [1.54, 1.807) is 0 Å². The van der Waals surface area contributed by atoms with Crippen molar-refractivity contribution in [3.8, 4) is 17.0 Å². The van der Waals surface area contributed by atoms with E-state index < -0.39 is 0 Å². The molecule has 5 nitrogen and oxygen atoms in total. The fourth-order valence-corrected chi connectivity index (χ4v) is 4.82. The third-order valence-electron chi connectivity index (χ3n) is 6.42. The molecular weight excluding hydrogens is 458 g/mol. The van der Waals surface area contributed by atoms with Crippen LogP contribution in [0, 0.1) is 0 Å². The molecule has 2 heterocycles. The number of aromatic nitrogens is 2. The van der Waals surface area contributed by atoms with Crippen molar-refractivity contribution < 1.29 is 9.53 Å². The van der Waals surface area contributed by atoms with Crippen LogP contribution in [0.2, 0.25) is 5.02 Å². The molecule has 0 saturated heterocycles. The quantitative estimate of drug-likeness (QED) is 0.258. The molecule has 1 unspecified atom stereocenters. The van der Waals surface area contributed by atoms with Gasteiger partial charge < -0.3 is 9.64 Å². The van der Waals surface area contributed by atoms with Gasteiger partial charge in [0.25, 0.3) is 5.91 Å². The Morgan fingerprint density at radius 2 is 1.71 bits per heavy atom. The van der Waals surface area contributed by atoms with Crippen molar-refractivity contribution in [3.05, 3.63) is 106 Å². The Bertz CT molecular complexity index is 1300. The second-order valence-corrected chi connectivity index (χ2v) is 9.19. The minimum absolute atomic E-state index is 0.0838. The van der Waals surface area contributed by atoms with Crippen molar-refractivity contribution in [1.82, 2.24) is 15.1 Å². The number of benzene rings is 3. The topological polar surface area (TPSA) is 58.2 Å². The van der Waals surface area contributed by atoms with E-state index in [1.165, 1.54) is 0 Å². The fraction of sp³-hybridized carbons (Fsp3) is 0.241. The number of hydrogen-bond acceptors (Lipinski definition) is 3. The number of carbonyl (C=O) groups excluding carboxylic acids is 1. The van der Waals surface area contributed by atoms with Gasteiger partial charge in [-0.05, 0) is 35.7 Å². The Kier molecular flexibility index (Phi) is 6.87. The van der Waals surface area contributed by atoms with E-state index in [0.29, 0.717) is 23.9 Å². The van der Waals surface area contributed by atoms with E-state index in [4.69, 9.17) is 16.3 Å². The zero-order valence-electron chi connectivity index (χ0n) is 19.7. The molecule has 1 aromatic heterocycles. The summed E-state index contributed by atoms with van der Waals surface area (Å²) in [4.78, 5) is 15.5. The number of amides is 1. The smallest absolute Gasteiger partial charge is 0.273 e. The molecule has 0 radical (unpaired) electrons. The van der Waals surface area contributed by atoms with Gasteiger partial charge in [-0.1, -0.05) is 92.0 Å². The van der Waals surface area contributed by atoms with E-state index in [-0.39, 0.29) is 11.9 Å². The Labute approximate surface area is 210 Å². The molecule has 35 heavy (non-hydrogen) atoms. The number of aromatic amines is 1. The number of fused-ring (bicyclic) bond motifs is 1. The monoisotopic (exact) mass is 485 g/mol. The standard InChI is InChI=1S/C29H28ClN3O2/c1-2-3-9-18-35-23-16-14-21(15-17-23)28-25-26(20-10-5-4-6-11-20)31-32-27(25)29(34)33(28)19-22-12-7-8-13-24(22)30/h4-8,10-17,28H,2-3,9,18-19H2,1H3,(H,31,32). The average Bonchev–Trinajstić information content (AvgIpc) is 3.43. The molecule has 1 aliphatic rings. The molecule has 0 spiro atoms. The van der Waals surface area contributed by atoms with E-state index in [1.807, 2.05) is 83.8 Å². The number of unbranched alkanes of at least 4 members (excludes halogenated alkanes) is 2. The number of nitrogens with one attached hydrogen (secondary N) is 1. The van der Waals surface area contributed by atoms with Gasteiger partial charge in [0.1, 0.15) is 11.4 Å². The van der Waals surface area contributed by atoms with Gasteiger partial charge in [0, 0.05) is 22.7 Å². The van der Waals surface area contributed by atoms with Gasteiger partial charge in [-0.2, -0.15) is 5.10 Å². The van der Waals surface area contributed by atoms with Gasteiger partial charge in [-0.15, -0.1) is 0 Å². The zero-order valence-corrected chi connectivity index (χ0v) is 20.5. The highest BCUT2D eigenvalue weighted by atomic mass is 35.5. The van der Waals surface area contributed by atoms with Gasteiger partial charge in [-0.3, -0.25) is 9.89 Å². The summed E-state index contributed by atoms with van der Waals surface area (Å²) in [6, 6.07) is 25.4. The molecule has 0 aliphatic carbocycles. The number of carbonyl (C=O) groups is 1. The molecule has 5 rings (SSSR count). The minimum atomic E-state index is -0.295. The average molecular weight is 486 g/mol. The number of rotatable bonds is 9. The third-order valence-corrected chi connectivity index (χ3v) is 6.79. The van der Waals surface area contributed by atoms with Gasteiger partial charge in [0.2, 0.25) is 0 Å². The first kappa shape index (κ1) is 23.2. The summed E-state index contributed by atoms with van der Waals surface area (Å²) in [5.74, 6) is 0.752. The Morgan fingerprint density at radius 3 is 2.46 bits per heavy atom. The lowest BCUT2D eigenvalue weighted by Crippen LogP contribution is -2.29. The van der Waals surface area contributed by atoms with E-state index >= 15 is 0 Å². The number of H-pyrrole nitrogens is 1. The molecule has 0 saturated carbocycles. The van der Waals surface area contributed by atoms with Crippen molar-refractivity contribution in [2.24, 2.45) is 0 Å². The number of halogens is 1. The maximum absolute atomic E-state index is 13.6. The van der Waals surface area contributed by atoms with Gasteiger partial charge in [0.05, 0.1) is 18.3 Å². The molecule has 1 atom stereocenters. The molecule has 0 fully saturated rings. The van der Waals surface area contributed by atoms with Gasteiger partial charge >= 0.3 is 0 Å². The van der Waals surface area contributed by atoms with Crippen LogP contribution in [-0.2, 0) is 6.54 Å². The van der Waals surface area contributed by atoms with Crippen LogP contribution < -0.4 is 4.74 Å². The number of hydrogen-bond donors (Lipinski definition) is 1.